The van der Waals surface area contributed by atoms with Crippen LogP contribution in [0.15, 0.2) is 48.5 Å². The van der Waals surface area contributed by atoms with Gasteiger partial charge < -0.3 is 10.2 Å². The summed E-state index contributed by atoms with van der Waals surface area (Å²) in [5.74, 6) is -0.934. The molecule has 0 aliphatic rings. The Kier molecular flexibility index (Phi) is 7.36. The molecule has 0 saturated carbocycles. The second-order valence-electron chi connectivity index (χ2n) is 6.76. The van der Waals surface area contributed by atoms with Crippen molar-refractivity contribution in [2.45, 2.75) is 45.8 Å². The molecule has 2 amide bonds. The lowest BCUT2D eigenvalue weighted by Crippen LogP contribution is -2.49. The zero-order valence-corrected chi connectivity index (χ0v) is 16.5. The van der Waals surface area contributed by atoms with Crippen molar-refractivity contribution in [3.63, 3.8) is 0 Å². The van der Waals surface area contributed by atoms with Gasteiger partial charge in [0, 0.05) is 23.2 Å². The van der Waals surface area contributed by atoms with E-state index in [0.717, 1.165) is 5.56 Å². The van der Waals surface area contributed by atoms with E-state index in [1.807, 2.05) is 13.8 Å². The molecule has 1 unspecified atom stereocenters. The predicted octanol–water partition coefficient (Wildman–Crippen LogP) is 3.96. The summed E-state index contributed by atoms with van der Waals surface area (Å²) in [6.45, 7) is 5.37. The van der Waals surface area contributed by atoms with Crippen LogP contribution in [-0.2, 0) is 22.6 Å². The lowest BCUT2D eigenvalue weighted by molar-refractivity contribution is -0.140. The largest absolute Gasteiger partial charge is 0.352 e. The quantitative estimate of drug-likeness (QED) is 0.777. The molecular formula is C21H24ClFN2O2. The second kappa shape index (κ2) is 9.51. The van der Waals surface area contributed by atoms with Crippen LogP contribution in [-0.4, -0.2) is 28.8 Å². The maximum Gasteiger partial charge on any atom is 0.242 e. The first-order valence-electron chi connectivity index (χ1n) is 8.85. The molecule has 2 aromatic carbocycles. The van der Waals surface area contributed by atoms with Crippen molar-refractivity contribution < 1.29 is 14.0 Å². The topological polar surface area (TPSA) is 49.4 Å². The molecule has 0 radical (unpaired) electrons. The predicted molar refractivity (Wildman–Crippen MR) is 105 cm³/mol. The third kappa shape index (κ3) is 6.07. The highest BCUT2D eigenvalue weighted by atomic mass is 35.5. The molecule has 0 aliphatic carbocycles. The van der Waals surface area contributed by atoms with Crippen LogP contribution in [0.2, 0.25) is 5.02 Å². The molecule has 0 fully saturated rings. The number of nitrogens with zero attached hydrogens (tertiary/aromatic N) is 1. The molecule has 1 N–H and O–H groups in total. The number of carbonyl (C=O) groups is 2. The van der Waals surface area contributed by atoms with Crippen LogP contribution < -0.4 is 5.32 Å². The van der Waals surface area contributed by atoms with Crippen LogP contribution in [0.1, 0.15) is 31.9 Å². The van der Waals surface area contributed by atoms with Crippen molar-refractivity contribution in [2.75, 3.05) is 0 Å². The van der Waals surface area contributed by atoms with Gasteiger partial charge in [-0.2, -0.15) is 0 Å². The minimum absolute atomic E-state index is 0.0196. The van der Waals surface area contributed by atoms with Crippen LogP contribution in [0.3, 0.4) is 0 Å². The van der Waals surface area contributed by atoms with Gasteiger partial charge in [0.15, 0.2) is 0 Å². The van der Waals surface area contributed by atoms with E-state index >= 15 is 0 Å². The fraction of sp³-hybridized carbons (Fsp3) is 0.333. The summed E-state index contributed by atoms with van der Waals surface area (Å²) in [6, 6.07) is 12.4. The molecule has 0 aliphatic heterocycles. The van der Waals surface area contributed by atoms with Crippen molar-refractivity contribution >= 4 is 23.4 Å². The van der Waals surface area contributed by atoms with Gasteiger partial charge in [0.25, 0.3) is 0 Å². The van der Waals surface area contributed by atoms with Gasteiger partial charge in [-0.1, -0.05) is 41.9 Å². The minimum atomic E-state index is -0.730. The van der Waals surface area contributed by atoms with Gasteiger partial charge in [0.05, 0.1) is 6.42 Å². The van der Waals surface area contributed by atoms with Crippen molar-refractivity contribution in [3.05, 3.63) is 70.5 Å². The Labute approximate surface area is 164 Å². The maximum atomic E-state index is 14.1. The molecule has 27 heavy (non-hydrogen) atoms. The van der Waals surface area contributed by atoms with Crippen LogP contribution in [0.4, 0.5) is 4.39 Å². The first-order valence-corrected chi connectivity index (χ1v) is 9.23. The number of nitrogens with one attached hydrogen (secondary N) is 1. The van der Waals surface area contributed by atoms with Gasteiger partial charge in [-0.25, -0.2) is 4.39 Å². The van der Waals surface area contributed by atoms with Crippen molar-refractivity contribution in [2.24, 2.45) is 0 Å². The monoisotopic (exact) mass is 390 g/mol. The van der Waals surface area contributed by atoms with Gasteiger partial charge >= 0.3 is 0 Å². The van der Waals surface area contributed by atoms with Gasteiger partial charge in [0.2, 0.25) is 11.8 Å². The van der Waals surface area contributed by atoms with E-state index in [0.29, 0.717) is 10.6 Å². The molecule has 144 valence electrons. The molecule has 0 heterocycles. The van der Waals surface area contributed by atoms with Crippen molar-refractivity contribution in [3.8, 4) is 0 Å². The SMILES string of the molecule is CC(C)NC(=O)C(C)N(Cc1ccccc1F)C(=O)Cc1ccc(Cl)cc1. The van der Waals surface area contributed by atoms with E-state index in [9.17, 15) is 14.0 Å². The Morgan fingerprint density at radius 3 is 2.30 bits per heavy atom. The molecule has 4 nitrogen and oxygen atoms in total. The Hall–Kier alpha value is -2.40. The van der Waals surface area contributed by atoms with Gasteiger partial charge in [-0.15, -0.1) is 0 Å². The van der Waals surface area contributed by atoms with Crippen LogP contribution in [0.5, 0.6) is 0 Å². The average molecular weight is 391 g/mol. The molecule has 0 aromatic heterocycles. The maximum absolute atomic E-state index is 14.1. The number of amides is 2. The fourth-order valence-electron chi connectivity index (χ4n) is 2.68. The molecule has 0 saturated heterocycles. The van der Waals surface area contributed by atoms with Crippen LogP contribution >= 0.6 is 11.6 Å². The molecule has 1 atom stereocenters. The zero-order valence-electron chi connectivity index (χ0n) is 15.7. The van der Waals surface area contributed by atoms with Crippen molar-refractivity contribution in [1.29, 1.82) is 0 Å². The Morgan fingerprint density at radius 2 is 1.70 bits per heavy atom. The van der Waals surface area contributed by atoms with E-state index < -0.39 is 11.9 Å². The summed E-state index contributed by atoms with van der Waals surface area (Å²) >= 11 is 5.89. The standard InChI is InChI=1S/C21H24ClFN2O2/c1-14(2)24-21(27)15(3)25(13-17-6-4-5-7-19(17)23)20(26)12-16-8-10-18(22)11-9-16/h4-11,14-15H,12-13H2,1-3H3,(H,24,27). The van der Waals surface area contributed by atoms with E-state index in [1.54, 1.807) is 49.4 Å². The number of hydrogen-bond acceptors (Lipinski definition) is 2. The highest BCUT2D eigenvalue weighted by Gasteiger charge is 2.27. The number of benzene rings is 2. The summed E-state index contributed by atoms with van der Waals surface area (Å²) in [5, 5.41) is 3.39. The summed E-state index contributed by atoms with van der Waals surface area (Å²) in [5.41, 5.74) is 1.14. The first kappa shape index (κ1) is 20.9. The number of carbonyl (C=O) groups excluding carboxylic acids is 2. The lowest BCUT2D eigenvalue weighted by atomic mass is 10.1. The van der Waals surface area contributed by atoms with Gasteiger partial charge in [-0.05, 0) is 44.5 Å². The summed E-state index contributed by atoms with van der Waals surface area (Å²) in [4.78, 5) is 26.8. The molecular weight excluding hydrogens is 367 g/mol. The van der Waals surface area contributed by atoms with Crippen molar-refractivity contribution in [1.82, 2.24) is 10.2 Å². The highest BCUT2D eigenvalue weighted by molar-refractivity contribution is 6.30. The number of halogens is 2. The third-order valence-electron chi connectivity index (χ3n) is 4.17. The molecule has 2 rings (SSSR count). The Morgan fingerprint density at radius 1 is 1.07 bits per heavy atom. The van der Waals surface area contributed by atoms with E-state index in [1.165, 1.54) is 11.0 Å². The average Bonchev–Trinajstić information content (AvgIpc) is 2.61. The summed E-state index contributed by atoms with van der Waals surface area (Å²) in [6.07, 6.45) is 0.102. The molecule has 0 bridgehead atoms. The zero-order chi connectivity index (χ0) is 20.0. The van der Waals surface area contributed by atoms with Gasteiger partial charge in [-0.3, -0.25) is 9.59 Å². The highest BCUT2D eigenvalue weighted by Crippen LogP contribution is 2.16. The van der Waals surface area contributed by atoms with E-state index in [-0.39, 0.29) is 30.8 Å². The third-order valence-corrected chi connectivity index (χ3v) is 4.42. The van der Waals surface area contributed by atoms with E-state index in [4.69, 9.17) is 11.6 Å². The number of hydrogen-bond donors (Lipinski definition) is 1. The van der Waals surface area contributed by atoms with Gasteiger partial charge in [0.1, 0.15) is 11.9 Å². The van der Waals surface area contributed by atoms with Crippen LogP contribution in [0, 0.1) is 5.82 Å². The van der Waals surface area contributed by atoms with E-state index in [2.05, 4.69) is 5.32 Å². The van der Waals surface area contributed by atoms with Crippen LogP contribution in [0.25, 0.3) is 0 Å². The molecule has 6 heteroatoms. The Balaban J connectivity index is 2.24. The first-order chi connectivity index (χ1) is 12.8. The molecule has 2 aromatic rings. The lowest BCUT2D eigenvalue weighted by Gasteiger charge is -2.29. The fourth-order valence-corrected chi connectivity index (χ4v) is 2.80. The Bertz CT molecular complexity index is 793. The second-order valence-corrected chi connectivity index (χ2v) is 7.19. The smallest absolute Gasteiger partial charge is 0.242 e. The normalized spacial score (nSPS) is 11.9. The molecule has 0 spiro atoms. The summed E-state index contributed by atoms with van der Waals surface area (Å²) < 4.78 is 14.1. The number of rotatable bonds is 7. The minimum Gasteiger partial charge on any atom is -0.352 e. The summed E-state index contributed by atoms with van der Waals surface area (Å²) in [7, 11) is 0.